The Balaban J connectivity index is 1.80. The maximum Gasteiger partial charge on any atom is 0.326 e. The van der Waals surface area contributed by atoms with Gasteiger partial charge in [0.1, 0.15) is 6.04 Å². The molecule has 1 saturated carbocycles. The Morgan fingerprint density at radius 2 is 2.15 bits per heavy atom. The number of carbonyl (C=O) groups excluding carboxylic acids is 1. The molecule has 0 radical (unpaired) electrons. The Kier molecular flexibility index (Phi) is 4.77. The predicted molar refractivity (Wildman–Crippen MR) is 76.4 cm³/mol. The Morgan fingerprint density at radius 1 is 1.40 bits per heavy atom. The second kappa shape index (κ2) is 6.55. The van der Waals surface area contributed by atoms with Crippen LogP contribution in [0.4, 0.5) is 0 Å². The number of carboxylic acid groups (broad SMARTS) is 1. The molecule has 4 nitrogen and oxygen atoms in total. The molecule has 2 N–H and O–H groups in total. The molecule has 1 aromatic rings. The summed E-state index contributed by atoms with van der Waals surface area (Å²) in [6.07, 6.45) is 3.71. The summed E-state index contributed by atoms with van der Waals surface area (Å²) in [5.74, 6) is -0.631. The van der Waals surface area contributed by atoms with Gasteiger partial charge in [0.2, 0.25) is 5.91 Å². The van der Waals surface area contributed by atoms with Crippen molar-refractivity contribution in [3.63, 3.8) is 0 Å². The lowest BCUT2D eigenvalue weighted by atomic mass is 10.1. The molecule has 0 aliphatic heterocycles. The van der Waals surface area contributed by atoms with E-state index in [0.717, 1.165) is 18.4 Å². The van der Waals surface area contributed by atoms with E-state index in [1.54, 1.807) is 0 Å². The number of hydrogen-bond donors (Lipinski definition) is 2. The van der Waals surface area contributed by atoms with Crippen molar-refractivity contribution < 1.29 is 14.7 Å². The van der Waals surface area contributed by atoms with Crippen molar-refractivity contribution in [3.05, 3.63) is 35.4 Å². The summed E-state index contributed by atoms with van der Waals surface area (Å²) in [6.45, 7) is 2.01. The van der Waals surface area contributed by atoms with Gasteiger partial charge >= 0.3 is 5.97 Å². The van der Waals surface area contributed by atoms with Crippen molar-refractivity contribution in [1.82, 2.24) is 5.32 Å². The highest BCUT2D eigenvalue weighted by atomic mass is 16.4. The molecule has 0 aromatic heterocycles. The number of nitrogens with one attached hydrogen (secondary N) is 1. The highest BCUT2D eigenvalue weighted by Gasteiger charge is 2.29. The van der Waals surface area contributed by atoms with E-state index in [0.29, 0.717) is 25.2 Å². The fraction of sp³-hybridized carbons (Fsp3) is 0.500. The van der Waals surface area contributed by atoms with Crippen LogP contribution >= 0.6 is 0 Å². The lowest BCUT2D eigenvalue weighted by Gasteiger charge is -2.14. The van der Waals surface area contributed by atoms with Gasteiger partial charge in [-0.15, -0.1) is 0 Å². The van der Waals surface area contributed by atoms with Crippen LogP contribution in [0, 0.1) is 12.8 Å². The Labute approximate surface area is 119 Å². The molecule has 1 aliphatic rings. The third-order valence-corrected chi connectivity index (χ3v) is 3.62. The van der Waals surface area contributed by atoms with Crippen LogP contribution in [0.25, 0.3) is 0 Å². The first-order chi connectivity index (χ1) is 9.54. The van der Waals surface area contributed by atoms with Crippen LogP contribution < -0.4 is 5.32 Å². The average molecular weight is 275 g/mol. The van der Waals surface area contributed by atoms with Gasteiger partial charge < -0.3 is 10.4 Å². The fourth-order valence-electron chi connectivity index (χ4n) is 2.30. The van der Waals surface area contributed by atoms with Crippen LogP contribution in [0.2, 0.25) is 0 Å². The molecule has 20 heavy (non-hydrogen) atoms. The summed E-state index contributed by atoms with van der Waals surface area (Å²) < 4.78 is 0. The number of carbonyl (C=O) groups is 2. The summed E-state index contributed by atoms with van der Waals surface area (Å²) in [5, 5.41) is 11.7. The van der Waals surface area contributed by atoms with Crippen molar-refractivity contribution in [3.8, 4) is 0 Å². The number of benzene rings is 1. The van der Waals surface area contributed by atoms with Crippen LogP contribution in [0.3, 0.4) is 0 Å². The van der Waals surface area contributed by atoms with Crippen molar-refractivity contribution in [2.75, 3.05) is 0 Å². The van der Waals surface area contributed by atoms with E-state index < -0.39 is 12.0 Å². The van der Waals surface area contributed by atoms with Gasteiger partial charge in [-0.05, 0) is 31.2 Å². The number of hydrogen-bond acceptors (Lipinski definition) is 2. The summed E-state index contributed by atoms with van der Waals surface area (Å²) in [6, 6.07) is 7.29. The van der Waals surface area contributed by atoms with Gasteiger partial charge in [-0.2, -0.15) is 0 Å². The van der Waals surface area contributed by atoms with E-state index in [2.05, 4.69) is 5.32 Å². The molecular weight excluding hydrogens is 254 g/mol. The van der Waals surface area contributed by atoms with Gasteiger partial charge in [0, 0.05) is 6.42 Å². The van der Waals surface area contributed by atoms with Crippen LogP contribution in [-0.2, 0) is 16.0 Å². The third-order valence-electron chi connectivity index (χ3n) is 3.62. The molecule has 1 fully saturated rings. The van der Waals surface area contributed by atoms with E-state index in [9.17, 15) is 9.59 Å². The molecule has 1 amide bonds. The molecule has 1 atom stereocenters. The molecule has 0 spiro atoms. The van der Waals surface area contributed by atoms with Gasteiger partial charge in [0.25, 0.3) is 0 Å². The van der Waals surface area contributed by atoms with Gasteiger partial charge in [0.15, 0.2) is 0 Å². The zero-order valence-corrected chi connectivity index (χ0v) is 11.8. The number of amides is 1. The maximum absolute atomic E-state index is 11.8. The molecule has 1 aliphatic carbocycles. The molecule has 0 heterocycles. The quantitative estimate of drug-likeness (QED) is 0.802. The van der Waals surface area contributed by atoms with Gasteiger partial charge in [-0.3, -0.25) is 4.79 Å². The normalized spacial score (nSPS) is 15.7. The van der Waals surface area contributed by atoms with E-state index in [4.69, 9.17) is 5.11 Å². The van der Waals surface area contributed by atoms with Crippen molar-refractivity contribution >= 4 is 11.9 Å². The minimum Gasteiger partial charge on any atom is -0.480 e. The maximum atomic E-state index is 11.8. The SMILES string of the molecule is Cc1cccc(CCC(=O)NC(CC2CC2)C(=O)O)c1. The summed E-state index contributed by atoms with van der Waals surface area (Å²) in [5.41, 5.74) is 2.27. The van der Waals surface area contributed by atoms with E-state index in [1.165, 1.54) is 5.56 Å². The Bertz CT molecular complexity index is 494. The fourth-order valence-corrected chi connectivity index (χ4v) is 2.30. The molecule has 2 rings (SSSR count). The number of rotatable bonds is 7. The lowest BCUT2D eigenvalue weighted by Crippen LogP contribution is -2.41. The molecule has 4 heteroatoms. The number of aliphatic carboxylic acids is 1. The third kappa shape index (κ3) is 4.68. The largest absolute Gasteiger partial charge is 0.480 e. The number of carboxylic acids is 1. The van der Waals surface area contributed by atoms with E-state index in [1.807, 2.05) is 31.2 Å². The zero-order chi connectivity index (χ0) is 14.5. The summed E-state index contributed by atoms with van der Waals surface area (Å²) in [4.78, 5) is 22.9. The average Bonchev–Trinajstić information content (AvgIpc) is 3.19. The molecule has 1 unspecified atom stereocenters. The summed E-state index contributed by atoms with van der Waals surface area (Å²) >= 11 is 0. The zero-order valence-electron chi connectivity index (χ0n) is 11.8. The van der Waals surface area contributed by atoms with Crippen LogP contribution in [0.5, 0.6) is 0 Å². The van der Waals surface area contributed by atoms with Gasteiger partial charge in [-0.25, -0.2) is 4.79 Å². The summed E-state index contributed by atoms with van der Waals surface area (Å²) in [7, 11) is 0. The molecular formula is C16H21NO3. The minimum absolute atomic E-state index is 0.181. The first kappa shape index (κ1) is 14.6. The van der Waals surface area contributed by atoms with E-state index >= 15 is 0 Å². The predicted octanol–water partition coefficient (Wildman–Crippen LogP) is 2.30. The highest BCUT2D eigenvalue weighted by Crippen LogP contribution is 2.33. The monoisotopic (exact) mass is 275 g/mol. The number of aryl methyl sites for hydroxylation is 2. The van der Waals surface area contributed by atoms with Crippen LogP contribution in [0.1, 0.15) is 36.8 Å². The Morgan fingerprint density at radius 3 is 2.75 bits per heavy atom. The lowest BCUT2D eigenvalue weighted by molar-refractivity contribution is -0.142. The minimum atomic E-state index is -0.930. The van der Waals surface area contributed by atoms with Crippen molar-refractivity contribution in [1.29, 1.82) is 0 Å². The van der Waals surface area contributed by atoms with Crippen LogP contribution in [0.15, 0.2) is 24.3 Å². The smallest absolute Gasteiger partial charge is 0.326 e. The Hall–Kier alpha value is -1.84. The first-order valence-corrected chi connectivity index (χ1v) is 7.12. The topological polar surface area (TPSA) is 66.4 Å². The molecule has 1 aromatic carbocycles. The molecule has 0 saturated heterocycles. The standard InChI is InChI=1S/C16H21NO3/c1-11-3-2-4-12(9-11)7-8-15(18)17-14(16(19)20)10-13-5-6-13/h2-4,9,13-14H,5-8,10H2,1H3,(H,17,18)(H,19,20). The second-order valence-electron chi connectivity index (χ2n) is 5.63. The molecule has 0 bridgehead atoms. The highest BCUT2D eigenvalue weighted by molar-refractivity contribution is 5.83. The van der Waals surface area contributed by atoms with Crippen molar-refractivity contribution in [2.45, 2.75) is 45.1 Å². The second-order valence-corrected chi connectivity index (χ2v) is 5.63. The van der Waals surface area contributed by atoms with E-state index in [-0.39, 0.29) is 5.91 Å². The van der Waals surface area contributed by atoms with Gasteiger partial charge in [0.05, 0.1) is 0 Å². The first-order valence-electron chi connectivity index (χ1n) is 7.12. The molecule has 108 valence electrons. The van der Waals surface area contributed by atoms with Gasteiger partial charge in [-0.1, -0.05) is 42.7 Å². The van der Waals surface area contributed by atoms with Crippen molar-refractivity contribution in [2.24, 2.45) is 5.92 Å². The van der Waals surface area contributed by atoms with Crippen LogP contribution in [-0.4, -0.2) is 23.0 Å².